The third-order valence-corrected chi connectivity index (χ3v) is 8.72. The van der Waals surface area contributed by atoms with Crippen LogP contribution in [0.4, 0.5) is 5.69 Å². The van der Waals surface area contributed by atoms with Crippen LogP contribution in [-0.2, 0) is 0 Å². The molecule has 40 heavy (non-hydrogen) atoms. The van der Waals surface area contributed by atoms with E-state index in [0.29, 0.717) is 0 Å². The van der Waals surface area contributed by atoms with Gasteiger partial charge in [0, 0.05) is 31.9 Å². The van der Waals surface area contributed by atoms with Gasteiger partial charge < -0.3 is 9.64 Å². The van der Waals surface area contributed by atoms with Crippen molar-refractivity contribution < 1.29 is 4.74 Å². The number of piperazine rings is 1. The molecule has 1 aromatic rings. The number of rotatable bonds is 27. The number of benzene rings is 1. The fraction of sp³-hybridized carbons (Fsp3) is 0.784. The van der Waals surface area contributed by atoms with E-state index in [1.165, 1.54) is 160 Å². The van der Waals surface area contributed by atoms with Gasteiger partial charge in [-0.2, -0.15) is 0 Å². The molecule has 3 heteroatoms. The minimum atomic E-state index is 0.841. The highest BCUT2D eigenvalue weighted by molar-refractivity contribution is 5.49. The molecule has 0 aliphatic carbocycles. The van der Waals surface area contributed by atoms with E-state index in [1.807, 2.05) is 6.08 Å². The van der Waals surface area contributed by atoms with Gasteiger partial charge in [-0.1, -0.05) is 129 Å². The van der Waals surface area contributed by atoms with Gasteiger partial charge in [0.15, 0.2) is 0 Å². The zero-order valence-electron chi connectivity index (χ0n) is 26.7. The molecule has 0 aromatic heterocycles. The van der Waals surface area contributed by atoms with Gasteiger partial charge in [-0.15, -0.1) is 6.58 Å². The van der Waals surface area contributed by atoms with Gasteiger partial charge in [-0.25, -0.2) is 0 Å². The summed E-state index contributed by atoms with van der Waals surface area (Å²) in [5.74, 6) is 1.02. The molecule has 0 amide bonds. The summed E-state index contributed by atoms with van der Waals surface area (Å²) < 4.78 is 6.00. The van der Waals surface area contributed by atoms with Gasteiger partial charge in [0.05, 0.1) is 6.61 Å². The van der Waals surface area contributed by atoms with Crippen molar-refractivity contribution in [2.24, 2.45) is 0 Å². The van der Waals surface area contributed by atoms with Crippen molar-refractivity contribution in [2.75, 3.05) is 44.2 Å². The van der Waals surface area contributed by atoms with Crippen LogP contribution >= 0.6 is 0 Å². The van der Waals surface area contributed by atoms with Crippen molar-refractivity contribution in [3.05, 3.63) is 36.9 Å². The summed E-state index contributed by atoms with van der Waals surface area (Å²) in [7, 11) is 0. The highest BCUT2D eigenvalue weighted by atomic mass is 16.5. The van der Waals surface area contributed by atoms with Crippen LogP contribution in [0.1, 0.15) is 148 Å². The molecule has 1 aliphatic rings. The monoisotopic (exact) mass is 555 g/mol. The fourth-order valence-electron chi connectivity index (χ4n) is 5.98. The first-order chi connectivity index (χ1) is 19.8. The number of anilines is 1. The maximum absolute atomic E-state index is 6.00. The number of nitrogens with zero attached hydrogens (tertiary/aromatic N) is 2. The molecule has 2 rings (SSSR count). The van der Waals surface area contributed by atoms with Gasteiger partial charge >= 0.3 is 0 Å². The molecular formula is C37H66N2O. The second-order valence-electron chi connectivity index (χ2n) is 12.3. The SMILES string of the molecule is C=CCCCCCCCCCOc1ccc(N2CCN(CCCCCCCCCCCCCCCC)CC2)cc1. The number of unbranched alkanes of at least 4 members (excludes halogenated alkanes) is 20. The lowest BCUT2D eigenvalue weighted by Crippen LogP contribution is -2.46. The Hall–Kier alpha value is -1.48. The Morgan fingerprint density at radius 2 is 1.07 bits per heavy atom. The Kier molecular flexibility index (Phi) is 21.9. The molecule has 0 N–H and O–H groups in total. The molecule has 1 aliphatic heterocycles. The van der Waals surface area contributed by atoms with Crippen molar-refractivity contribution in [1.82, 2.24) is 4.90 Å². The number of hydrogen-bond donors (Lipinski definition) is 0. The predicted molar refractivity (Wildman–Crippen MR) is 178 cm³/mol. The van der Waals surface area contributed by atoms with Gasteiger partial charge in [0.2, 0.25) is 0 Å². The van der Waals surface area contributed by atoms with E-state index in [2.05, 4.69) is 47.6 Å². The summed E-state index contributed by atoms with van der Waals surface area (Å²) in [6.45, 7) is 12.9. The highest BCUT2D eigenvalue weighted by Gasteiger charge is 2.16. The smallest absolute Gasteiger partial charge is 0.119 e. The van der Waals surface area contributed by atoms with E-state index >= 15 is 0 Å². The molecule has 1 fully saturated rings. The summed E-state index contributed by atoms with van der Waals surface area (Å²) in [5, 5.41) is 0. The largest absolute Gasteiger partial charge is 0.494 e. The number of ether oxygens (including phenoxy) is 1. The highest BCUT2D eigenvalue weighted by Crippen LogP contribution is 2.22. The van der Waals surface area contributed by atoms with E-state index in [9.17, 15) is 0 Å². The summed E-state index contributed by atoms with van der Waals surface area (Å²) in [4.78, 5) is 5.22. The van der Waals surface area contributed by atoms with Gasteiger partial charge in [0.25, 0.3) is 0 Å². The third kappa shape index (κ3) is 18.1. The molecule has 0 radical (unpaired) electrons. The molecule has 0 atom stereocenters. The van der Waals surface area contributed by atoms with Crippen LogP contribution in [0.15, 0.2) is 36.9 Å². The molecular weight excluding hydrogens is 488 g/mol. The van der Waals surface area contributed by atoms with Crippen LogP contribution < -0.4 is 9.64 Å². The van der Waals surface area contributed by atoms with Crippen LogP contribution in [0.5, 0.6) is 5.75 Å². The molecule has 1 heterocycles. The van der Waals surface area contributed by atoms with E-state index in [1.54, 1.807) is 0 Å². The zero-order valence-corrected chi connectivity index (χ0v) is 26.7. The molecule has 0 saturated carbocycles. The summed E-state index contributed by atoms with van der Waals surface area (Å²) >= 11 is 0. The van der Waals surface area contributed by atoms with Crippen molar-refractivity contribution in [3.8, 4) is 5.75 Å². The minimum absolute atomic E-state index is 0.841. The zero-order chi connectivity index (χ0) is 28.4. The van der Waals surface area contributed by atoms with Crippen molar-refractivity contribution >= 4 is 5.69 Å². The second kappa shape index (κ2) is 25.2. The van der Waals surface area contributed by atoms with Crippen LogP contribution in [0.3, 0.4) is 0 Å². The van der Waals surface area contributed by atoms with E-state index in [0.717, 1.165) is 31.9 Å². The van der Waals surface area contributed by atoms with E-state index in [-0.39, 0.29) is 0 Å². The average molecular weight is 555 g/mol. The maximum Gasteiger partial charge on any atom is 0.119 e. The summed E-state index contributed by atoms with van der Waals surface area (Å²) in [6, 6.07) is 8.83. The Morgan fingerprint density at radius 3 is 1.60 bits per heavy atom. The molecule has 1 saturated heterocycles. The summed E-state index contributed by atoms with van der Waals surface area (Å²) in [6.07, 6.45) is 32.5. The quantitative estimate of drug-likeness (QED) is 0.0794. The van der Waals surface area contributed by atoms with Crippen molar-refractivity contribution in [1.29, 1.82) is 0 Å². The molecule has 0 unspecified atom stereocenters. The first-order valence-corrected chi connectivity index (χ1v) is 17.6. The van der Waals surface area contributed by atoms with Crippen LogP contribution in [0.25, 0.3) is 0 Å². The first kappa shape index (κ1) is 34.7. The first-order valence-electron chi connectivity index (χ1n) is 17.6. The van der Waals surface area contributed by atoms with Gasteiger partial charge in [-0.3, -0.25) is 4.90 Å². The summed E-state index contributed by atoms with van der Waals surface area (Å²) in [5.41, 5.74) is 1.35. The fourth-order valence-corrected chi connectivity index (χ4v) is 5.98. The second-order valence-corrected chi connectivity index (χ2v) is 12.3. The van der Waals surface area contributed by atoms with Crippen molar-refractivity contribution in [2.45, 2.75) is 148 Å². The Balaban J connectivity index is 1.39. The lowest BCUT2D eigenvalue weighted by atomic mass is 10.0. The van der Waals surface area contributed by atoms with Gasteiger partial charge in [-0.05, 0) is 56.5 Å². The molecule has 1 aromatic carbocycles. The standard InChI is InChI=1S/C37H66N2O/c1-3-5-7-9-11-13-14-15-16-17-18-20-22-24-30-38-31-33-39(34-32-38)36-26-28-37(29-27-36)40-35-25-23-21-19-12-10-8-6-4-2/h4,26-29H,2-3,5-25,30-35H2,1H3. The molecule has 0 bridgehead atoms. The Morgan fingerprint density at radius 1 is 0.600 bits per heavy atom. The van der Waals surface area contributed by atoms with Crippen LogP contribution in [0.2, 0.25) is 0 Å². The molecule has 0 spiro atoms. The predicted octanol–water partition coefficient (Wildman–Crippen LogP) is 11.0. The van der Waals surface area contributed by atoms with E-state index < -0.39 is 0 Å². The topological polar surface area (TPSA) is 15.7 Å². The lowest BCUT2D eigenvalue weighted by molar-refractivity contribution is 0.252. The van der Waals surface area contributed by atoms with Crippen LogP contribution in [-0.4, -0.2) is 44.2 Å². The average Bonchev–Trinajstić information content (AvgIpc) is 2.99. The number of allylic oxidation sites excluding steroid dienone is 1. The normalized spacial score (nSPS) is 14.1. The van der Waals surface area contributed by atoms with Crippen molar-refractivity contribution in [3.63, 3.8) is 0 Å². The third-order valence-electron chi connectivity index (χ3n) is 8.72. The number of hydrogen-bond acceptors (Lipinski definition) is 3. The minimum Gasteiger partial charge on any atom is -0.494 e. The Labute approximate surface area is 250 Å². The lowest BCUT2D eigenvalue weighted by Gasteiger charge is -2.36. The maximum atomic E-state index is 6.00. The molecule has 230 valence electrons. The van der Waals surface area contributed by atoms with E-state index in [4.69, 9.17) is 4.74 Å². The molecule has 3 nitrogen and oxygen atoms in total. The Bertz CT molecular complexity index is 680. The van der Waals surface area contributed by atoms with Crippen LogP contribution in [0, 0.1) is 0 Å². The van der Waals surface area contributed by atoms with Gasteiger partial charge in [0.1, 0.15) is 5.75 Å².